The van der Waals surface area contributed by atoms with E-state index in [0.29, 0.717) is 10.0 Å². The number of benzene rings is 2. The number of pyridine rings is 2. The summed E-state index contributed by atoms with van der Waals surface area (Å²) in [5, 5.41) is 10.3. The van der Waals surface area contributed by atoms with Gasteiger partial charge >= 0.3 is 0 Å². The molecule has 4 heterocycles. The molecule has 10 heteroatoms. The predicted octanol–water partition coefficient (Wildman–Crippen LogP) is 8.04. The van der Waals surface area contributed by atoms with Gasteiger partial charge in [0.05, 0.1) is 35.2 Å². The van der Waals surface area contributed by atoms with E-state index in [1.54, 1.807) is 30.2 Å². The van der Waals surface area contributed by atoms with E-state index >= 15 is 0 Å². The average Bonchev–Trinajstić information content (AvgIpc) is 3.76. The number of halogens is 2. The molecule has 0 spiro atoms. The summed E-state index contributed by atoms with van der Waals surface area (Å²) >= 11 is 16.1. The fraction of sp³-hybridized carbons (Fsp3) is 0.294. The lowest BCUT2D eigenvalue weighted by molar-refractivity contribution is 0.642. The molecule has 44 heavy (non-hydrogen) atoms. The van der Waals surface area contributed by atoms with E-state index in [1.165, 1.54) is 27.8 Å². The number of aliphatic imine (C=N–C) groups is 2. The largest absolute Gasteiger partial charge is 0.358 e. The Bertz CT molecular complexity index is 1460. The van der Waals surface area contributed by atoms with Crippen LogP contribution in [0.1, 0.15) is 45.5 Å². The van der Waals surface area contributed by atoms with Crippen molar-refractivity contribution >= 4 is 57.1 Å². The number of hydrogen-bond acceptors (Lipinski definition) is 8. The minimum Gasteiger partial charge on any atom is -0.358 e. The van der Waals surface area contributed by atoms with Crippen LogP contribution in [0.4, 0.5) is 0 Å². The van der Waals surface area contributed by atoms with E-state index in [2.05, 4.69) is 68.7 Å². The Kier molecular flexibility index (Phi) is 12.0. The molecule has 4 aromatic rings. The standard InChI is InChI=1S/C18H21N3S.C16H15Cl2N3S/c1-13-5-3-7-16(14(13)2)17(21-18-20-9-10-22-18)11-15-6-4-8-19-12-15;17-13-3-1-2-12(15(13)18)14(21-16-20-8-9-22-16)10-11-4-6-19-7-5-11/h3-8,12,17H,9-11H2,1-2H3,(H,20,21);1-7,14H,8-10H2,(H,20,21). The van der Waals surface area contributed by atoms with Crippen molar-refractivity contribution in [2.75, 3.05) is 24.6 Å². The van der Waals surface area contributed by atoms with Gasteiger partial charge in [-0.25, -0.2) is 0 Å². The molecule has 2 N–H and O–H groups in total. The molecular formula is C34H36Cl2N6S2. The first-order chi connectivity index (χ1) is 21.5. The van der Waals surface area contributed by atoms with Crippen LogP contribution in [0.3, 0.4) is 0 Å². The zero-order chi connectivity index (χ0) is 30.7. The number of rotatable bonds is 8. The zero-order valence-corrected chi connectivity index (χ0v) is 28.0. The molecule has 0 amide bonds. The van der Waals surface area contributed by atoms with E-state index in [-0.39, 0.29) is 12.1 Å². The third-order valence-corrected chi connectivity index (χ3v) is 10.1. The second-order valence-electron chi connectivity index (χ2n) is 10.5. The first-order valence-corrected chi connectivity index (χ1v) is 17.4. The van der Waals surface area contributed by atoms with Crippen LogP contribution in [0.15, 0.2) is 95.4 Å². The van der Waals surface area contributed by atoms with Gasteiger partial charge in [-0.3, -0.25) is 20.0 Å². The SMILES string of the molecule is Cc1cccc(C(Cc2cccnc2)NC2=NCCS2)c1C.Clc1cccc(C(Cc2ccncc2)NC2=NCCS2)c1Cl. The van der Waals surface area contributed by atoms with E-state index in [4.69, 9.17) is 23.2 Å². The quantitative estimate of drug-likeness (QED) is 0.199. The molecule has 0 radical (unpaired) electrons. The highest BCUT2D eigenvalue weighted by Crippen LogP contribution is 2.32. The Morgan fingerprint density at radius 3 is 1.98 bits per heavy atom. The Balaban J connectivity index is 0.000000175. The molecule has 2 aliphatic rings. The van der Waals surface area contributed by atoms with Crippen LogP contribution >= 0.6 is 46.7 Å². The molecule has 6 nitrogen and oxygen atoms in total. The maximum Gasteiger partial charge on any atom is 0.157 e. The van der Waals surface area contributed by atoms with Crippen LogP contribution < -0.4 is 10.6 Å². The van der Waals surface area contributed by atoms with E-state index in [1.807, 2.05) is 54.5 Å². The third kappa shape index (κ3) is 9.00. The lowest BCUT2D eigenvalue weighted by atomic mass is 9.93. The van der Waals surface area contributed by atoms with Gasteiger partial charge in [-0.2, -0.15) is 0 Å². The van der Waals surface area contributed by atoms with Crippen molar-refractivity contribution < 1.29 is 0 Å². The number of hydrogen-bond donors (Lipinski definition) is 2. The molecular weight excluding hydrogens is 627 g/mol. The highest BCUT2D eigenvalue weighted by atomic mass is 35.5. The Labute approximate surface area is 278 Å². The molecule has 2 aliphatic heterocycles. The summed E-state index contributed by atoms with van der Waals surface area (Å²) in [6.07, 6.45) is 9.08. The van der Waals surface area contributed by atoms with Crippen molar-refractivity contribution in [3.8, 4) is 0 Å². The minimum atomic E-state index is 0.0259. The summed E-state index contributed by atoms with van der Waals surface area (Å²) < 4.78 is 0. The van der Waals surface area contributed by atoms with E-state index in [0.717, 1.165) is 53.3 Å². The molecule has 6 rings (SSSR count). The van der Waals surface area contributed by atoms with Gasteiger partial charge in [0.2, 0.25) is 0 Å². The van der Waals surface area contributed by atoms with Crippen LogP contribution in [0.25, 0.3) is 0 Å². The van der Waals surface area contributed by atoms with Crippen molar-refractivity contribution in [1.29, 1.82) is 0 Å². The normalized spacial score (nSPS) is 15.5. The van der Waals surface area contributed by atoms with Crippen molar-refractivity contribution in [2.45, 2.75) is 38.8 Å². The fourth-order valence-electron chi connectivity index (χ4n) is 5.07. The molecule has 2 aromatic heterocycles. The molecule has 2 aromatic carbocycles. The molecule has 2 atom stereocenters. The van der Waals surface area contributed by atoms with Crippen LogP contribution in [0, 0.1) is 13.8 Å². The molecule has 0 saturated heterocycles. The number of aromatic nitrogens is 2. The summed E-state index contributed by atoms with van der Waals surface area (Å²) in [7, 11) is 0. The summed E-state index contributed by atoms with van der Waals surface area (Å²) in [5.74, 6) is 2.10. The van der Waals surface area contributed by atoms with Gasteiger partial charge in [0.25, 0.3) is 0 Å². The van der Waals surface area contributed by atoms with Crippen molar-refractivity contribution in [1.82, 2.24) is 20.6 Å². The van der Waals surface area contributed by atoms with Crippen molar-refractivity contribution in [2.24, 2.45) is 9.98 Å². The van der Waals surface area contributed by atoms with Crippen LogP contribution in [-0.4, -0.2) is 44.9 Å². The Morgan fingerprint density at radius 1 is 0.705 bits per heavy atom. The Hall–Kier alpha value is -3.04. The molecule has 2 unspecified atom stereocenters. The fourth-order valence-corrected chi connectivity index (χ4v) is 7.08. The van der Waals surface area contributed by atoms with Gasteiger partial charge in [0.1, 0.15) is 0 Å². The second kappa shape index (κ2) is 16.3. The summed E-state index contributed by atoms with van der Waals surface area (Å²) in [5.41, 5.74) is 7.45. The first kappa shape index (κ1) is 32.4. The van der Waals surface area contributed by atoms with Gasteiger partial charge in [-0.15, -0.1) is 0 Å². The predicted molar refractivity (Wildman–Crippen MR) is 190 cm³/mol. The molecule has 0 fully saturated rings. The highest BCUT2D eigenvalue weighted by Gasteiger charge is 2.21. The smallest absolute Gasteiger partial charge is 0.157 e. The maximum absolute atomic E-state index is 6.41. The molecule has 0 aliphatic carbocycles. The molecule has 228 valence electrons. The first-order valence-electron chi connectivity index (χ1n) is 14.6. The highest BCUT2D eigenvalue weighted by molar-refractivity contribution is 8.14. The van der Waals surface area contributed by atoms with Gasteiger partial charge in [-0.05, 0) is 84.3 Å². The van der Waals surface area contributed by atoms with Gasteiger partial charge < -0.3 is 10.6 Å². The van der Waals surface area contributed by atoms with Crippen molar-refractivity contribution in [3.63, 3.8) is 0 Å². The van der Waals surface area contributed by atoms with Crippen molar-refractivity contribution in [3.05, 3.63) is 129 Å². The average molecular weight is 664 g/mol. The van der Waals surface area contributed by atoms with Gasteiger partial charge in [0, 0.05) is 36.3 Å². The number of thioether (sulfide) groups is 2. The monoisotopic (exact) mass is 662 g/mol. The lowest BCUT2D eigenvalue weighted by Gasteiger charge is -2.22. The van der Waals surface area contributed by atoms with Crippen LogP contribution in [-0.2, 0) is 12.8 Å². The topological polar surface area (TPSA) is 74.6 Å². The number of aryl methyl sites for hydroxylation is 1. The maximum atomic E-state index is 6.41. The summed E-state index contributed by atoms with van der Waals surface area (Å²) in [4.78, 5) is 17.3. The summed E-state index contributed by atoms with van der Waals surface area (Å²) in [6, 6.07) is 20.7. The molecule has 0 bridgehead atoms. The van der Waals surface area contributed by atoms with Crippen LogP contribution in [0.2, 0.25) is 10.0 Å². The molecule has 0 saturated carbocycles. The van der Waals surface area contributed by atoms with E-state index in [9.17, 15) is 0 Å². The van der Waals surface area contributed by atoms with Crippen LogP contribution in [0.5, 0.6) is 0 Å². The summed E-state index contributed by atoms with van der Waals surface area (Å²) in [6.45, 7) is 6.14. The third-order valence-electron chi connectivity index (χ3n) is 7.50. The number of amidine groups is 2. The number of nitrogens with one attached hydrogen (secondary N) is 2. The Morgan fingerprint density at radius 2 is 1.34 bits per heavy atom. The minimum absolute atomic E-state index is 0.0259. The second-order valence-corrected chi connectivity index (χ2v) is 13.5. The van der Waals surface area contributed by atoms with E-state index < -0.39 is 0 Å². The number of nitrogens with zero attached hydrogens (tertiary/aromatic N) is 4. The zero-order valence-electron chi connectivity index (χ0n) is 24.8. The van der Waals surface area contributed by atoms with Gasteiger partial charge in [-0.1, -0.05) is 83.1 Å². The van der Waals surface area contributed by atoms with Gasteiger partial charge in [0.15, 0.2) is 10.3 Å². The lowest BCUT2D eigenvalue weighted by Crippen LogP contribution is -2.28.